The maximum absolute atomic E-state index is 15.7. The number of phenols is 2. The fourth-order valence-electron chi connectivity index (χ4n) is 13.9. The number of nitrogens with one attached hydrogen (secondary N) is 10. The van der Waals surface area contributed by atoms with Crippen LogP contribution >= 0.6 is 11.8 Å². The van der Waals surface area contributed by atoms with Gasteiger partial charge in [0.15, 0.2) is 0 Å². The van der Waals surface area contributed by atoms with Crippen LogP contribution in [0.5, 0.6) is 11.5 Å². The van der Waals surface area contributed by atoms with E-state index in [-0.39, 0.29) is 68.1 Å². The molecule has 35 heteroatoms. The minimum Gasteiger partial charge on any atom is -0.508 e. The van der Waals surface area contributed by atoms with Gasteiger partial charge in [-0.25, -0.2) is 5.43 Å². The molecule has 1 saturated heterocycles. The molecular formula is C87H108N16O18S. The van der Waals surface area contributed by atoms with Crippen molar-refractivity contribution >= 4 is 111 Å². The van der Waals surface area contributed by atoms with Gasteiger partial charge in [-0.15, -0.1) is 11.8 Å². The summed E-state index contributed by atoms with van der Waals surface area (Å²) >= 11 is 0.848. The van der Waals surface area contributed by atoms with Gasteiger partial charge < -0.3 is 87.8 Å². The van der Waals surface area contributed by atoms with Gasteiger partial charge in [-0.05, 0) is 82.0 Å². The number of aromatic hydroxyl groups is 2. The first-order valence-electron chi connectivity index (χ1n) is 39.8. The number of H-pyrrole nitrogens is 1. The molecular weight excluding hydrogens is 1590 g/mol. The van der Waals surface area contributed by atoms with E-state index in [1.165, 1.54) is 83.8 Å². The van der Waals surface area contributed by atoms with Crippen molar-refractivity contribution in [2.75, 3.05) is 66.4 Å². The van der Waals surface area contributed by atoms with E-state index in [0.29, 0.717) is 44.3 Å². The number of rotatable bonds is 20. The summed E-state index contributed by atoms with van der Waals surface area (Å²) in [5.41, 5.74) is 14.5. The second kappa shape index (κ2) is 45.3. The van der Waals surface area contributed by atoms with E-state index in [9.17, 15) is 58.5 Å². The summed E-state index contributed by atoms with van der Waals surface area (Å²) < 4.78 is 0. The van der Waals surface area contributed by atoms with Crippen molar-refractivity contribution in [3.8, 4) is 11.5 Å². The maximum Gasteiger partial charge on any atom is 0.305 e. The molecule has 34 nitrogen and oxygen atoms in total. The Morgan fingerprint density at radius 1 is 0.467 bits per heavy atom. The zero-order valence-corrected chi connectivity index (χ0v) is 70.3. The number of carboxylic acid groups (broad SMARTS) is 1. The van der Waals surface area contributed by atoms with Gasteiger partial charge >= 0.3 is 5.97 Å². The van der Waals surface area contributed by atoms with E-state index in [1.54, 1.807) is 149 Å². The van der Waals surface area contributed by atoms with Crippen LogP contribution in [-0.4, -0.2) is 260 Å². The summed E-state index contributed by atoms with van der Waals surface area (Å²) in [5, 5.41) is 50.0. The number of nitrogens with zero attached hydrogens (tertiary/aromatic N) is 5. The van der Waals surface area contributed by atoms with E-state index in [2.05, 4.69) is 53.1 Å². The zero-order valence-electron chi connectivity index (χ0n) is 69.5. The van der Waals surface area contributed by atoms with Crippen LogP contribution in [-0.2, 0) is 110 Å². The third-order valence-corrected chi connectivity index (χ3v) is 21.7. The quantitative estimate of drug-likeness (QED) is 0.0509. The van der Waals surface area contributed by atoms with E-state index >= 15 is 28.8 Å². The molecule has 2 heterocycles. The minimum absolute atomic E-state index is 0.00760. The monoisotopic (exact) mass is 1700 g/mol. The van der Waals surface area contributed by atoms with Crippen molar-refractivity contribution in [2.45, 2.75) is 139 Å². The summed E-state index contributed by atoms with van der Waals surface area (Å²) in [6.07, 6.45) is -0.621. The highest BCUT2D eigenvalue weighted by Crippen LogP contribution is 2.24. The fraction of sp³-hybridized carbons (Fsp3) is 0.391. The molecule has 0 radical (unpaired) electrons. The molecule has 14 amide bonds. The molecule has 1 aliphatic heterocycles. The molecule has 650 valence electrons. The lowest BCUT2D eigenvalue weighted by molar-refractivity contribution is -0.151. The van der Waals surface area contributed by atoms with Crippen LogP contribution < -0.4 is 53.8 Å². The Morgan fingerprint density at radius 3 is 1.47 bits per heavy atom. The summed E-state index contributed by atoms with van der Waals surface area (Å²) in [5.74, 6) is -16.3. The molecule has 0 saturated carbocycles. The Kier molecular flexibility index (Phi) is 35.0. The van der Waals surface area contributed by atoms with Crippen molar-refractivity contribution in [2.24, 2.45) is 17.6 Å². The first-order chi connectivity index (χ1) is 58.0. The van der Waals surface area contributed by atoms with Crippen LogP contribution in [0, 0.1) is 11.8 Å². The second-order valence-corrected chi connectivity index (χ2v) is 32.0. The van der Waals surface area contributed by atoms with Gasteiger partial charge in [0.1, 0.15) is 71.9 Å². The van der Waals surface area contributed by atoms with E-state index < -0.39 is 187 Å². The van der Waals surface area contributed by atoms with Gasteiger partial charge in [0.25, 0.3) is 5.91 Å². The lowest BCUT2D eigenvalue weighted by Gasteiger charge is -2.37. The first-order valence-corrected chi connectivity index (χ1v) is 40.9. The predicted octanol–water partition coefficient (Wildman–Crippen LogP) is 1.16. The smallest absolute Gasteiger partial charge is 0.305 e. The van der Waals surface area contributed by atoms with E-state index in [4.69, 9.17) is 5.73 Å². The molecule has 7 aromatic rings. The number of aliphatic carboxylic acids is 1. The number of aromatic amines is 1. The van der Waals surface area contributed by atoms with Crippen molar-refractivity contribution in [1.82, 2.24) is 77.6 Å². The van der Waals surface area contributed by atoms with Crippen molar-refractivity contribution < 1.29 is 87.2 Å². The number of phenolic OH excluding ortho intramolecular Hbond substituents is 2. The number of para-hydroxylation sites is 1. The lowest BCUT2D eigenvalue weighted by atomic mass is 9.98. The van der Waals surface area contributed by atoms with Crippen molar-refractivity contribution in [1.29, 1.82) is 0 Å². The van der Waals surface area contributed by atoms with Crippen molar-refractivity contribution in [3.63, 3.8) is 0 Å². The Bertz CT molecular complexity index is 4830. The average Bonchev–Trinajstić information content (AvgIpc) is 1.16. The zero-order chi connectivity index (χ0) is 89.0. The Morgan fingerprint density at radius 2 is 0.926 bits per heavy atom. The number of thioether (sulfide) groups is 1. The normalized spacial score (nSPS) is 21.7. The lowest BCUT2D eigenvalue weighted by Crippen LogP contribution is -2.61. The maximum atomic E-state index is 15.7. The van der Waals surface area contributed by atoms with Gasteiger partial charge in [-0.3, -0.25) is 77.3 Å². The fourth-order valence-corrected chi connectivity index (χ4v) is 14.8. The predicted molar refractivity (Wildman–Crippen MR) is 454 cm³/mol. The number of hydrogen-bond donors (Lipinski definition) is 14. The molecule has 1 aromatic heterocycles. The number of nitrogens with two attached hydrogens (primary N) is 1. The van der Waals surface area contributed by atoms with Gasteiger partial charge in [-0.2, -0.15) is 0 Å². The van der Waals surface area contributed by atoms with Crippen LogP contribution in [0.1, 0.15) is 73.9 Å². The van der Waals surface area contributed by atoms with Gasteiger partial charge in [-0.1, -0.05) is 161 Å². The second-order valence-electron chi connectivity index (χ2n) is 31.0. The number of carbonyl (C=O) groups is 15. The topological polar surface area (TPSA) is 483 Å². The standard InChI is InChI=1S/C87H108N16O18S/c1-51(2)37-65-80(114)95-68(78(112)90-46-72(88)106)49-122-50-75(109)93-67(38-53-21-13-10-14-22-53)84(118)102(8)71(41-55-25-17-12-18-26-55)86(120)103(9)70(42-57-31-35-60(105)36-32-57)85(119)100(6)48-74(108)92-64(44-76(110)111)79(113)96-77(52(3)4)87(121)101(7)69(40-54-23-15-11-16-24-54)82(116)94-66(39-56-29-33-59(104)34-30-56)83(117)99(5)47-73(107)91-63(81(115)98-97-65)43-58-45-89-62-28-20-19-27-61(58)62/h10-36,45,51-52,63-71,77,89,97,104-105H,37-44,46-50H2,1-9H3,(H2,88,106)(H,90,112)(H,91,107)(H,92,108)(H,93,109)(H,94,116)(H,95,114)(H,96,113)(H,98,115)(H,110,111)/t63-,64-,65-,66-,67-,68-,69-,70-,71-,77-/m0/s1. The Labute approximate surface area is 710 Å². The molecule has 0 bridgehead atoms. The molecule has 8 rings (SSSR count). The summed E-state index contributed by atoms with van der Waals surface area (Å²) in [4.78, 5) is 227. The SMILES string of the molecule is CC(C)C[C@@H]1NNC(=O)[C@H](Cc2c[nH]c3ccccc23)NC(=O)CN(C)C(=O)[C@H](Cc2ccc(O)cc2)NC(=O)[C@H](Cc2ccccc2)N(C)C(=O)[C@H](C(C)C)NC(=O)[C@H](CC(=O)O)NC(=O)CN(C)C(=O)[C@H](Cc2ccc(O)cc2)N(C)C(=O)[C@H](Cc2ccccc2)N(C)C(=O)[C@H](Cc2ccccc2)NC(=O)CSC[C@@H](C(=O)NCC(N)=O)NC1=O. The molecule has 1 aliphatic rings. The van der Waals surface area contributed by atoms with Crippen molar-refractivity contribution in [3.05, 3.63) is 203 Å². The van der Waals surface area contributed by atoms with Crippen LogP contribution in [0.2, 0.25) is 0 Å². The van der Waals surface area contributed by atoms with Crippen LogP contribution in [0.15, 0.2) is 170 Å². The van der Waals surface area contributed by atoms with Crippen LogP contribution in [0.3, 0.4) is 0 Å². The van der Waals surface area contributed by atoms with Gasteiger partial charge in [0.05, 0.1) is 31.8 Å². The largest absolute Gasteiger partial charge is 0.508 e. The average molecular weight is 1700 g/mol. The highest BCUT2D eigenvalue weighted by molar-refractivity contribution is 8.00. The Balaban J connectivity index is 1.19. The number of primary amides is 1. The highest BCUT2D eigenvalue weighted by Gasteiger charge is 2.42. The van der Waals surface area contributed by atoms with Crippen LogP contribution in [0.4, 0.5) is 0 Å². The molecule has 0 spiro atoms. The number of fused-ring (bicyclic) bond motifs is 1. The molecule has 6 aromatic carbocycles. The molecule has 122 heavy (non-hydrogen) atoms. The molecule has 0 unspecified atom stereocenters. The van der Waals surface area contributed by atoms with E-state index in [1.807, 2.05) is 0 Å². The molecule has 1 fully saturated rings. The third-order valence-electron chi connectivity index (χ3n) is 20.6. The number of aromatic nitrogens is 1. The number of hydrogen-bond acceptors (Lipinski definition) is 19. The van der Waals surface area contributed by atoms with Gasteiger partial charge in [0.2, 0.25) is 76.8 Å². The number of benzene rings is 6. The minimum atomic E-state index is -1.93. The Hall–Kier alpha value is -13.2. The number of likely N-dealkylation sites (N-methyl/N-ethyl adjacent to an activating group) is 5. The number of hydrazine groups is 1. The third kappa shape index (κ3) is 28.0. The summed E-state index contributed by atoms with van der Waals surface area (Å²) in [6, 6.07) is 29.0. The summed E-state index contributed by atoms with van der Waals surface area (Å²) in [7, 11) is 6.44. The van der Waals surface area contributed by atoms with Crippen LogP contribution in [0.25, 0.3) is 10.9 Å². The van der Waals surface area contributed by atoms with Gasteiger partial charge in [0, 0.05) is 96.6 Å². The summed E-state index contributed by atoms with van der Waals surface area (Å²) in [6.45, 7) is 4.40. The molecule has 0 aliphatic carbocycles. The molecule has 15 N–H and O–H groups in total. The first kappa shape index (κ1) is 94.3. The number of amides is 14. The number of carbonyl (C=O) groups excluding carboxylic acids is 14. The molecule has 10 atom stereocenters. The number of carboxylic acids is 1. The van der Waals surface area contributed by atoms with E-state index in [0.717, 1.165) is 36.3 Å². The highest BCUT2D eigenvalue weighted by atomic mass is 32.2.